The lowest BCUT2D eigenvalue weighted by Gasteiger charge is -2.51. The molecule has 204 valence electrons. The molecule has 2 aromatic rings. The minimum Gasteiger partial charge on any atom is -0.445 e. The summed E-state index contributed by atoms with van der Waals surface area (Å²) in [6, 6.07) is 19.6. The van der Waals surface area contributed by atoms with Crippen LogP contribution in [0.1, 0.15) is 29.9 Å². The zero-order valence-corrected chi connectivity index (χ0v) is 22.0. The molecule has 0 unspecified atom stereocenters. The first kappa shape index (κ1) is 27.9. The van der Waals surface area contributed by atoms with E-state index in [1.165, 1.54) is 6.08 Å². The van der Waals surface area contributed by atoms with Gasteiger partial charge >= 0.3 is 6.09 Å². The second-order valence-electron chi connectivity index (χ2n) is 9.60. The number of nitrogens with zero attached hydrogens (tertiary/aromatic N) is 3. The number of piperazine rings is 1. The van der Waals surface area contributed by atoms with Gasteiger partial charge in [0.25, 0.3) is 0 Å². The van der Waals surface area contributed by atoms with Crippen molar-refractivity contribution < 1.29 is 19.1 Å². The molecule has 0 aliphatic carbocycles. The van der Waals surface area contributed by atoms with E-state index < -0.39 is 18.3 Å². The van der Waals surface area contributed by atoms with Gasteiger partial charge in [-0.3, -0.25) is 9.59 Å². The van der Waals surface area contributed by atoms with Gasteiger partial charge in [-0.15, -0.1) is 6.42 Å². The summed E-state index contributed by atoms with van der Waals surface area (Å²) < 4.78 is 4.95. The van der Waals surface area contributed by atoms with Crippen molar-refractivity contribution in [2.24, 2.45) is 0 Å². The molecule has 0 saturated carbocycles. The average Bonchev–Trinajstić information content (AvgIpc) is 2.95. The van der Waals surface area contributed by atoms with E-state index in [4.69, 9.17) is 11.2 Å². The summed E-state index contributed by atoms with van der Waals surface area (Å²) >= 11 is 0. The molecule has 9 nitrogen and oxygen atoms in total. The number of fused-ring (bicyclic) bond motifs is 1. The number of terminal acetylenes is 1. The van der Waals surface area contributed by atoms with Crippen molar-refractivity contribution in [3.05, 3.63) is 84.4 Å². The lowest BCUT2D eigenvalue weighted by Crippen LogP contribution is -2.74. The molecule has 2 aliphatic heterocycles. The van der Waals surface area contributed by atoms with E-state index >= 15 is 0 Å². The van der Waals surface area contributed by atoms with E-state index in [-0.39, 0.29) is 37.4 Å². The molecule has 3 amide bonds. The Morgan fingerprint density at radius 2 is 1.82 bits per heavy atom. The summed E-state index contributed by atoms with van der Waals surface area (Å²) in [5, 5.41) is 4.40. The monoisotopic (exact) mass is 529 g/mol. The molecule has 2 atom stereocenters. The standard InChI is InChI=1S/C30H35N5O4/c1-3-18-34-22-28(36)35-26(16-11-17-31-30(38)39-19-4-2)29(37)33(21-27(35)32-34)20-25(23-12-7-5-8-13-23)24-14-9-6-10-15-24/h1,4-10,12-15,25-27,32H,2,11,16-22H2,(H,31,38)/t26-,27+/m0/s1. The highest BCUT2D eigenvalue weighted by molar-refractivity contribution is 5.90. The van der Waals surface area contributed by atoms with Crippen LogP contribution in [0, 0.1) is 12.3 Å². The van der Waals surface area contributed by atoms with Crippen LogP contribution in [-0.4, -0.2) is 84.3 Å². The highest BCUT2D eigenvalue weighted by atomic mass is 16.5. The first-order valence-corrected chi connectivity index (χ1v) is 13.2. The molecule has 0 aromatic heterocycles. The highest BCUT2D eigenvalue weighted by Gasteiger charge is 2.46. The third-order valence-corrected chi connectivity index (χ3v) is 6.95. The summed E-state index contributed by atoms with van der Waals surface area (Å²) in [6.45, 7) is 5.13. The number of hydrogen-bond acceptors (Lipinski definition) is 6. The lowest BCUT2D eigenvalue weighted by atomic mass is 9.90. The molecular formula is C30H35N5O4. The van der Waals surface area contributed by atoms with Crippen LogP contribution in [0.3, 0.4) is 0 Å². The largest absolute Gasteiger partial charge is 0.445 e. The zero-order valence-electron chi connectivity index (χ0n) is 22.0. The molecule has 0 bridgehead atoms. The minimum absolute atomic E-state index is 0.0362. The van der Waals surface area contributed by atoms with Crippen LogP contribution in [0.25, 0.3) is 0 Å². The predicted octanol–water partition coefficient (Wildman–Crippen LogP) is 2.33. The maximum Gasteiger partial charge on any atom is 0.407 e. The number of hydrazine groups is 1. The Bertz CT molecular complexity index is 1140. The number of rotatable bonds is 11. The van der Waals surface area contributed by atoms with Crippen molar-refractivity contribution >= 4 is 17.9 Å². The van der Waals surface area contributed by atoms with Crippen LogP contribution < -0.4 is 10.7 Å². The number of benzene rings is 2. The van der Waals surface area contributed by atoms with Crippen LogP contribution >= 0.6 is 0 Å². The number of amides is 3. The predicted molar refractivity (Wildman–Crippen MR) is 148 cm³/mol. The fourth-order valence-electron chi connectivity index (χ4n) is 5.19. The van der Waals surface area contributed by atoms with Gasteiger partial charge in [-0.2, -0.15) is 0 Å². The number of alkyl carbamates (subject to hydrolysis) is 1. The van der Waals surface area contributed by atoms with Gasteiger partial charge < -0.3 is 19.9 Å². The van der Waals surface area contributed by atoms with E-state index in [0.29, 0.717) is 32.5 Å². The van der Waals surface area contributed by atoms with Gasteiger partial charge in [0.1, 0.15) is 18.8 Å². The Morgan fingerprint density at radius 3 is 2.44 bits per heavy atom. The first-order chi connectivity index (χ1) is 19.0. The Kier molecular flexibility index (Phi) is 9.73. The fraction of sp³-hybridized carbons (Fsp3) is 0.367. The van der Waals surface area contributed by atoms with Gasteiger partial charge in [-0.1, -0.05) is 79.2 Å². The van der Waals surface area contributed by atoms with E-state index in [1.807, 2.05) is 41.3 Å². The quantitative estimate of drug-likeness (QED) is 0.264. The number of ether oxygens (including phenoxy) is 1. The summed E-state index contributed by atoms with van der Waals surface area (Å²) in [5.41, 5.74) is 5.58. The topological polar surface area (TPSA) is 94.2 Å². The molecule has 2 fully saturated rings. The van der Waals surface area contributed by atoms with Gasteiger partial charge in [-0.05, 0) is 24.0 Å². The maximum absolute atomic E-state index is 13.9. The average molecular weight is 530 g/mol. The van der Waals surface area contributed by atoms with Gasteiger partial charge in [0.05, 0.1) is 19.6 Å². The molecule has 0 spiro atoms. The number of carbonyl (C=O) groups is 3. The molecule has 0 radical (unpaired) electrons. The highest BCUT2D eigenvalue weighted by Crippen LogP contribution is 2.29. The second-order valence-corrected chi connectivity index (χ2v) is 9.60. The van der Waals surface area contributed by atoms with E-state index in [2.05, 4.69) is 47.5 Å². The molecule has 2 heterocycles. The minimum atomic E-state index is -0.657. The SMILES string of the molecule is C#CCN1CC(=O)N2[C@H](CN(CC(c3ccccc3)c3ccccc3)C(=O)[C@@H]2CCCNC(=O)OCC=C)N1. The van der Waals surface area contributed by atoms with Crippen LogP contribution in [-0.2, 0) is 14.3 Å². The summed E-state index contributed by atoms with van der Waals surface area (Å²) in [4.78, 5) is 42.4. The number of nitrogens with one attached hydrogen (secondary N) is 2. The fourth-order valence-corrected chi connectivity index (χ4v) is 5.19. The normalized spacial score (nSPS) is 19.4. The van der Waals surface area contributed by atoms with Crippen LogP contribution in [0.5, 0.6) is 0 Å². The third-order valence-electron chi connectivity index (χ3n) is 6.95. The van der Waals surface area contributed by atoms with Crippen molar-refractivity contribution in [1.29, 1.82) is 0 Å². The van der Waals surface area contributed by atoms with Crippen molar-refractivity contribution in [2.75, 3.05) is 39.3 Å². The lowest BCUT2D eigenvalue weighted by molar-refractivity contribution is -0.168. The zero-order chi connectivity index (χ0) is 27.6. The molecule has 2 aromatic carbocycles. The molecular weight excluding hydrogens is 494 g/mol. The van der Waals surface area contributed by atoms with Crippen molar-refractivity contribution in [3.63, 3.8) is 0 Å². The maximum atomic E-state index is 13.9. The molecule has 2 N–H and O–H groups in total. The van der Waals surface area contributed by atoms with Crippen molar-refractivity contribution in [1.82, 2.24) is 25.6 Å². The van der Waals surface area contributed by atoms with Crippen LogP contribution in [0.2, 0.25) is 0 Å². The molecule has 2 aliphatic rings. The second kappa shape index (κ2) is 13.6. The Balaban J connectivity index is 1.54. The van der Waals surface area contributed by atoms with Gasteiger partial charge in [0.15, 0.2) is 0 Å². The van der Waals surface area contributed by atoms with E-state index in [9.17, 15) is 14.4 Å². The summed E-state index contributed by atoms with van der Waals surface area (Å²) in [7, 11) is 0. The van der Waals surface area contributed by atoms with Crippen LogP contribution in [0.15, 0.2) is 73.3 Å². The third kappa shape index (κ3) is 7.05. The Morgan fingerprint density at radius 1 is 1.15 bits per heavy atom. The summed E-state index contributed by atoms with van der Waals surface area (Å²) in [5.74, 6) is 2.30. The Hall–Kier alpha value is -4.13. The van der Waals surface area contributed by atoms with Gasteiger partial charge in [-0.25, -0.2) is 15.2 Å². The molecule has 39 heavy (non-hydrogen) atoms. The first-order valence-electron chi connectivity index (χ1n) is 13.2. The van der Waals surface area contributed by atoms with Crippen LogP contribution in [0.4, 0.5) is 4.79 Å². The van der Waals surface area contributed by atoms with E-state index in [1.54, 1.807) is 9.91 Å². The molecule has 4 rings (SSSR count). The van der Waals surface area contributed by atoms with Crippen molar-refractivity contribution in [2.45, 2.75) is 31.0 Å². The number of carbonyl (C=O) groups excluding carboxylic acids is 3. The smallest absolute Gasteiger partial charge is 0.407 e. The van der Waals surface area contributed by atoms with Gasteiger partial charge in [0.2, 0.25) is 11.8 Å². The summed E-state index contributed by atoms with van der Waals surface area (Å²) in [6.07, 6.45) is 6.95. The molecule has 2 saturated heterocycles. The van der Waals surface area contributed by atoms with E-state index in [0.717, 1.165) is 11.1 Å². The number of hydrogen-bond donors (Lipinski definition) is 2. The van der Waals surface area contributed by atoms with Crippen molar-refractivity contribution in [3.8, 4) is 12.3 Å². The van der Waals surface area contributed by atoms with Gasteiger partial charge in [0, 0.05) is 19.0 Å². The Labute approximate surface area is 229 Å². The molecule has 9 heteroatoms.